The fourth-order valence-corrected chi connectivity index (χ4v) is 2.25. The van der Waals surface area contributed by atoms with Crippen molar-refractivity contribution in [1.82, 2.24) is 9.55 Å². The number of hydrogen-bond donors (Lipinski definition) is 1. The van der Waals surface area contributed by atoms with E-state index in [1.807, 2.05) is 25.3 Å². The van der Waals surface area contributed by atoms with E-state index in [-0.39, 0.29) is 11.6 Å². The number of alkyl halides is 2. The maximum absolute atomic E-state index is 12.7. The number of rotatable bonds is 3. The van der Waals surface area contributed by atoms with Crippen molar-refractivity contribution in [1.29, 1.82) is 0 Å². The van der Waals surface area contributed by atoms with Crippen LogP contribution in [-0.2, 0) is 0 Å². The first-order valence-corrected chi connectivity index (χ1v) is 6.14. The van der Waals surface area contributed by atoms with Gasteiger partial charge in [-0.15, -0.1) is 0 Å². The van der Waals surface area contributed by atoms with Gasteiger partial charge in [-0.1, -0.05) is 18.2 Å². The van der Waals surface area contributed by atoms with Crippen LogP contribution < -0.4 is 5.73 Å². The number of nitrogens with two attached hydrogens (primary N) is 1. The molecular weight excluding hydrogens is 248 g/mol. The lowest BCUT2D eigenvalue weighted by atomic mass is 10.1. The van der Waals surface area contributed by atoms with E-state index in [1.165, 1.54) is 12.1 Å². The van der Waals surface area contributed by atoms with Crippen LogP contribution >= 0.6 is 0 Å². The third kappa shape index (κ3) is 2.45. The predicted molar refractivity (Wildman–Crippen MR) is 72.2 cm³/mol. The lowest BCUT2D eigenvalue weighted by Crippen LogP contribution is -2.07. The molecule has 19 heavy (non-hydrogen) atoms. The highest BCUT2D eigenvalue weighted by Crippen LogP contribution is 2.31. The average molecular weight is 265 g/mol. The Hall–Kier alpha value is -1.91. The lowest BCUT2D eigenvalue weighted by Gasteiger charge is -2.11. The van der Waals surface area contributed by atoms with Crippen LogP contribution in [-0.4, -0.2) is 9.55 Å². The van der Waals surface area contributed by atoms with Crippen LogP contribution in [0, 0.1) is 6.92 Å². The quantitative estimate of drug-likeness (QED) is 0.912. The highest BCUT2D eigenvalue weighted by Gasteiger charge is 2.16. The fraction of sp³-hybridized carbons (Fsp3) is 0.357. The second-order valence-electron chi connectivity index (χ2n) is 4.78. The summed E-state index contributed by atoms with van der Waals surface area (Å²) in [5.74, 6) is 1.30. The number of nitrogens with zero attached hydrogens (tertiary/aromatic N) is 2. The van der Waals surface area contributed by atoms with Crippen molar-refractivity contribution in [3.8, 4) is 11.3 Å². The molecule has 0 saturated carbocycles. The minimum Gasteiger partial charge on any atom is -0.383 e. The summed E-state index contributed by atoms with van der Waals surface area (Å²) in [7, 11) is 0. The molecule has 0 aliphatic carbocycles. The molecule has 0 saturated heterocycles. The number of benzene rings is 1. The smallest absolute Gasteiger partial charge is 0.263 e. The van der Waals surface area contributed by atoms with Gasteiger partial charge < -0.3 is 10.3 Å². The largest absolute Gasteiger partial charge is 0.383 e. The van der Waals surface area contributed by atoms with Crippen LogP contribution in [0.5, 0.6) is 0 Å². The number of aryl methyl sites for hydroxylation is 1. The molecule has 2 aromatic rings. The van der Waals surface area contributed by atoms with Gasteiger partial charge in [0.15, 0.2) is 0 Å². The second kappa shape index (κ2) is 4.99. The van der Waals surface area contributed by atoms with Gasteiger partial charge >= 0.3 is 0 Å². The first-order valence-electron chi connectivity index (χ1n) is 6.14. The van der Waals surface area contributed by atoms with Crippen LogP contribution in [0.2, 0.25) is 0 Å². The molecule has 5 heteroatoms. The Bertz CT molecular complexity index is 588. The number of hydrogen-bond acceptors (Lipinski definition) is 2. The van der Waals surface area contributed by atoms with Gasteiger partial charge in [-0.3, -0.25) is 0 Å². The first kappa shape index (κ1) is 13.5. The van der Waals surface area contributed by atoms with Crippen molar-refractivity contribution in [3.05, 3.63) is 35.7 Å². The van der Waals surface area contributed by atoms with Crippen molar-refractivity contribution in [2.24, 2.45) is 0 Å². The normalized spacial score (nSPS) is 11.5. The summed E-state index contributed by atoms with van der Waals surface area (Å²) in [6.07, 6.45) is -2.49. The summed E-state index contributed by atoms with van der Waals surface area (Å²) in [6.45, 7) is 5.87. The monoisotopic (exact) mass is 265 g/mol. The SMILES string of the molecule is Cc1nc(-c2cccc(C(F)F)c2)c(N)n1C(C)C. The van der Waals surface area contributed by atoms with E-state index in [1.54, 1.807) is 12.1 Å². The molecule has 3 nitrogen and oxygen atoms in total. The Morgan fingerprint density at radius 1 is 1.26 bits per heavy atom. The first-order chi connectivity index (χ1) is 8.91. The van der Waals surface area contributed by atoms with Gasteiger partial charge in [-0.25, -0.2) is 13.8 Å². The average Bonchev–Trinajstić information content (AvgIpc) is 2.65. The third-order valence-corrected chi connectivity index (χ3v) is 3.05. The molecule has 1 aromatic carbocycles. The highest BCUT2D eigenvalue weighted by atomic mass is 19.3. The van der Waals surface area contributed by atoms with E-state index >= 15 is 0 Å². The van der Waals surface area contributed by atoms with Gasteiger partial charge in [-0.2, -0.15) is 0 Å². The molecule has 2 rings (SSSR count). The van der Waals surface area contributed by atoms with E-state index in [0.717, 1.165) is 5.82 Å². The van der Waals surface area contributed by atoms with Crippen LogP contribution in [0.25, 0.3) is 11.3 Å². The summed E-state index contributed by atoms with van der Waals surface area (Å²) in [5, 5.41) is 0. The van der Waals surface area contributed by atoms with Crippen LogP contribution in [0.4, 0.5) is 14.6 Å². The van der Waals surface area contributed by atoms with Crippen LogP contribution in [0.15, 0.2) is 24.3 Å². The number of nitrogen functional groups attached to an aromatic ring is 1. The molecule has 0 amide bonds. The van der Waals surface area contributed by atoms with E-state index in [0.29, 0.717) is 17.1 Å². The van der Waals surface area contributed by atoms with Crippen LogP contribution in [0.3, 0.4) is 0 Å². The second-order valence-corrected chi connectivity index (χ2v) is 4.78. The summed E-state index contributed by atoms with van der Waals surface area (Å²) in [4.78, 5) is 4.40. The summed E-state index contributed by atoms with van der Waals surface area (Å²) in [6, 6.07) is 6.36. The Kier molecular flexibility index (Phi) is 3.55. The number of anilines is 1. The molecule has 1 heterocycles. The molecule has 0 unspecified atom stereocenters. The molecule has 0 spiro atoms. The summed E-state index contributed by atoms with van der Waals surface area (Å²) < 4.78 is 27.3. The molecule has 0 aliphatic rings. The zero-order valence-corrected chi connectivity index (χ0v) is 11.2. The zero-order valence-electron chi connectivity index (χ0n) is 11.2. The Morgan fingerprint density at radius 3 is 2.47 bits per heavy atom. The molecule has 102 valence electrons. The van der Waals surface area contributed by atoms with E-state index < -0.39 is 6.43 Å². The molecule has 0 radical (unpaired) electrons. The number of halogens is 2. The third-order valence-electron chi connectivity index (χ3n) is 3.05. The van der Waals surface area contributed by atoms with Gasteiger partial charge in [0, 0.05) is 17.2 Å². The zero-order chi connectivity index (χ0) is 14.2. The van der Waals surface area contributed by atoms with Crippen molar-refractivity contribution in [2.75, 3.05) is 5.73 Å². The molecule has 0 aliphatic heterocycles. The topological polar surface area (TPSA) is 43.8 Å². The van der Waals surface area contributed by atoms with Gasteiger partial charge in [0.1, 0.15) is 17.3 Å². The maximum atomic E-state index is 12.7. The Labute approximate surface area is 111 Å². The predicted octanol–water partition coefficient (Wildman–Crippen LogP) is 3.96. The molecule has 0 atom stereocenters. The van der Waals surface area contributed by atoms with Gasteiger partial charge in [-0.05, 0) is 26.8 Å². The lowest BCUT2D eigenvalue weighted by molar-refractivity contribution is 0.151. The van der Waals surface area contributed by atoms with Gasteiger partial charge in [0.2, 0.25) is 0 Å². The van der Waals surface area contributed by atoms with Gasteiger partial charge in [0.05, 0.1) is 0 Å². The van der Waals surface area contributed by atoms with Crippen molar-refractivity contribution in [3.63, 3.8) is 0 Å². The van der Waals surface area contributed by atoms with Crippen molar-refractivity contribution >= 4 is 5.82 Å². The minimum atomic E-state index is -2.49. The Balaban J connectivity index is 2.54. The summed E-state index contributed by atoms with van der Waals surface area (Å²) in [5.41, 5.74) is 7.24. The van der Waals surface area contributed by atoms with Gasteiger partial charge in [0.25, 0.3) is 6.43 Å². The van der Waals surface area contributed by atoms with Crippen LogP contribution in [0.1, 0.15) is 37.7 Å². The minimum absolute atomic E-state index is 0.0198. The number of aromatic nitrogens is 2. The van der Waals surface area contributed by atoms with E-state index in [9.17, 15) is 8.78 Å². The highest BCUT2D eigenvalue weighted by molar-refractivity contribution is 5.71. The van der Waals surface area contributed by atoms with E-state index in [2.05, 4.69) is 4.98 Å². The Morgan fingerprint density at radius 2 is 1.95 bits per heavy atom. The summed E-state index contributed by atoms with van der Waals surface area (Å²) >= 11 is 0. The molecule has 0 bridgehead atoms. The fourth-order valence-electron chi connectivity index (χ4n) is 2.25. The van der Waals surface area contributed by atoms with Crippen molar-refractivity contribution in [2.45, 2.75) is 33.2 Å². The molecule has 1 aromatic heterocycles. The standard InChI is InChI=1S/C14H17F2N3/c1-8(2)19-9(3)18-12(14(19)17)10-5-4-6-11(7-10)13(15)16/h4-8,13H,17H2,1-3H3. The maximum Gasteiger partial charge on any atom is 0.263 e. The molecular formula is C14H17F2N3. The number of imidazole rings is 1. The van der Waals surface area contributed by atoms with E-state index in [4.69, 9.17) is 5.73 Å². The molecule has 2 N–H and O–H groups in total. The van der Waals surface area contributed by atoms with Crippen molar-refractivity contribution < 1.29 is 8.78 Å². The molecule has 0 fully saturated rings.